The van der Waals surface area contributed by atoms with Gasteiger partial charge in [-0.05, 0) is 11.5 Å². The van der Waals surface area contributed by atoms with Gasteiger partial charge in [0.25, 0.3) is 0 Å². The Bertz CT molecular complexity index is 345. The third kappa shape index (κ3) is 1.56. The van der Waals surface area contributed by atoms with Crippen molar-refractivity contribution in [1.82, 2.24) is 0 Å². The molecule has 0 radical (unpaired) electrons. The topological polar surface area (TPSA) is 23.8 Å². The molecule has 1 atom stereocenters. The molecule has 0 spiro atoms. The minimum absolute atomic E-state index is 0.229. The Hall–Kier alpha value is -1.55. The van der Waals surface area contributed by atoms with Crippen LogP contribution in [0, 0.1) is 17.2 Å². The second-order valence-electron chi connectivity index (χ2n) is 3.71. The summed E-state index contributed by atoms with van der Waals surface area (Å²) in [6, 6.07) is 12.2. The van der Waals surface area contributed by atoms with Gasteiger partial charge in [-0.25, -0.2) is 0 Å². The normalized spacial score (nSPS) is 14.4. The first kappa shape index (κ1) is 10.5. The molecule has 0 heterocycles. The number of nitriles is 1. The maximum Gasteiger partial charge on any atom is 0.102 e. The fourth-order valence-electron chi connectivity index (χ4n) is 1.64. The Kier molecular flexibility index (Phi) is 3.09. The summed E-state index contributed by atoms with van der Waals surface area (Å²) in [6.07, 6.45) is 1.74. The maximum absolute atomic E-state index is 9.28. The van der Waals surface area contributed by atoms with Gasteiger partial charge in [0.2, 0.25) is 0 Å². The highest BCUT2D eigenvalue weighted by atomic mass is 14.4. The highest BCUT2D eigenvalue weighted by Crippen LogP contribution is 2.32. The maximum atomic E-state index is 9.28. The summed E-state index contributed by atoms with van der Waals surface area (Å²) in [4.78, 5) is 0. The van der Waals surface area contributed by atoms with E-state index in [0.29, 0.717) is 0 Å². The average Bonchev–Trinajstić information content (AvgIpc) is 2.22. The number of hydrogen-bond donors (Lipinski definition) is 0. The molecular formula is C13H15N. The SMILES string of the molecule is C=CC(C#N)(c1ccccc1)C(C)C. The van der Waals surface area contributed by atoms with Crippen molar-refractivity contribution in [2.24, 2.45) is 5.92 Å². The fourth-order valence-corrected chi connectivity index (χ4v) is 1.64. The predicted octanol–water partition coefficient (Wildman–Crippen LogP) is 3.29. The van der Waals surface area contributed by atoms with E-state index in [4.69, 9.17) is 0 Å². The molecule has 1 aromatic rings. The third-order valence-electron chi connectivity index (χ3n) is 2.67. The summed E-state index contributed by atoms with van der Waals surface area (Å²) in [5.74, 6) is 0.229. The van der Waals surface area contributed by atoms with E-state index in [9.17, 15) is 5.26 Å². The van der Waals surface area contributed by atoms with Crippen molar-refractivity contribution in [3.8, 4) is 6.07 Å². The molecule has 0 fully saturated rings. The minimum Gasteiger partial charge on any atom is -0.197 e. The summed E-state index contributed by atoms with van der Waals surface area (Å²) < 4.78 is 0. The lowest BCUT2D eigenvalue weighted by atomic mass is 9.73. The monoisotopic (exact) mass is 185 g/mol. The quantitative estimate of drug-likeness (QED) is 0.663. The first-order valence-corrected chi connectivity index (χ1v) is 4.77. The van der Waals surface area contributed by atoms with E-state index in [2.05, 4.69) is 12.6 Å². The van der Waals surface area contributed by atoms with Gasteiger partial charge in [0.1, 0.15) is 5.41 Å². The molecule has 1 rings (SSSR count). The minimum atomic E-state index is -0.554. The van der Waals surface area contributed by atoms with Gasteiger partial charge in [-0.3, -0.25) is 0 Å². The van der Waals surface area contributed by atoms with Crippen LogP contribution in [0.15, 0.2) is 43.0 Å². The van der Waals surface area contributed by atoms with Gasteiger partial charge in [0, 0.05) is 0 Å². The molecule has 0 aliphatic heterocycles. The second-order valence-corrected chi connectivity index (χ2v) is 3.71. The molecule has 0 aromatic heterocycles. The van der Waals surface area contributed by atoms with E-state index in [1.807, 2.05) is 44.2 Å². The van der Waals surface area contributed by atoms with Crippen LogP contribution < -0.4 is 0 Å². The van der Waals surface area contributed by atoms with E-state index < -0.39 is 5.41 Å². The average molecular weight is 185 g/mol. The molecule has 0 saturated carbocycles. The predicted molar refractivity (Wildman–Crippen MR) is 58.8 cm³/mol. The molecule has 1 unspecified atom stereocenters. The molecule has 1 nitrogen and oxygen atoms in total. The number of allylic oxidation sites excluding steroid dienone is 1. The lowest BCUT2D eigenvalue weighted by Gasteiger charge is -2.27. The standard InChI is InChI=1S/C13H15N/c1-4-13(10-14,11(2)3)12-8-6-5-7-9-12/h4-9,11H,1H2,2-3H3. The molecule has 0 saturated heterocycles. The van der Waals surface area contributed by atoms with Gasteiger partial charge in [-0.1, -0.05) is 50.3 Å². The van der Waals surface area contributed by atoms with Crippen LogP contribution in [0.1, 0.15) is 19.4 Å². The van der Waals surface area contributed by atoms with Crippen LogP contribution in [-0.4, -0.2) is 0 Å². The fraction of sp³-hybridized carbons (Fsp3) is 0.308. The Morgan fingerprint density at radius 3 is 2.29 bits per heavy atom. The first-order chi connectivity index (χ1) is 6.67. The summed E-state index contributed by atoms with van der Waals surface area (Å²) in [7, 11) is 0. The molecule has 1 aromatic carbocycles. The largest absolute Gasteiger partial charge is 0.197 e. The zero-order valence-corrected chi connectivity index (χ0v) is 8.70. The Labute approximate surface area is 85.7 Å². The summed E-state index contributed by atoms with van der Waals surface area (Å²) >= 11 is 0. The van der Waals surface area contributed by atoms with Gasteiger partial charge in [0.15, 0.2) is 0 Å². The molecule has 0 amide bonds. The molecule has 0 aliphatic rings. The van der Waals surface area contributed by atoms with E-state index in [0.717, 1.165) is 5.56 Å². The molecular weight excluding hydrogens is 170 g/mol. The van der Waals surface area contributed by atoms with Gasteiger partial charge in [-0.15, -0.1) is 6.58 Å². The number of rotatable bonds is 3. The van der Waals surface area contributed by atoms with E-state index >= 15 is 0 Å². The first-order valence-electron chi connectivity index (χ1n) is 4.77. The van der Waals surface area contributed by atoms with Crippen molar-refractivity contribution >= 4 is 0 Å². The number of nitrogens with zero attached hydrogens (tertiary/aromatic N) is 1. The van der Waals surface area contributed by atoms with Crippen molar-refractivity contribution in [2.45, 2.75) is 19.3 Å². The molecule has 0 N–H and O–H groups in total. The van der Waals surface area contributed by atoms with Crippen molar-refractivity contribution < 1.29 is 0 Å². The van der Waals surface area contributed by atoms with Crippen LogP contribution in [0.2, 0.25) is 0 Å². The third-order valence-corrected chi connectivity index (χ3v) is 2.67. The zero-order valence-electron chi connectivity index (χ0n) is 8.70. The van der Waals surface area contributed by atoms with Crippen molar-refractivity contribution in [1.29, 1.82) is 5.26 Å². The van der Waals surface area contributed by atoms with Crippen molar-refractivity contribution in [3.05, 3.63) is 48.6 Å². The van der Waals surface area contributed by atoms with E-state index in [1.165, 1.54) is 0 Å². The van der Waals surface area contributed by atoms with Crippen molar-refractivity contribution in [3.63, 3.8) is 0 Å². The number of benzene rings is 1. The molecule has 72 valence electrons. The van der Waals surface area contributed by atoms with Crippen LogP contribution in [0.4, 0.5) is 0 Å². The smallest absolute Gasteiger partial charge is 0.102 e. The number of hydrogen-bond acceptors (Lipinski definition) is 1. The summed E-state index contributed by atoms with van der Waals surface area (Å²) in [5.41, 5.74) is 0.467. The highest BCUT2D eigenvalue weighted by molar-refractivity contribution is 5.38. The van der Waals surface area contributed by atoms with Crippen LogP contribution in [0.25, 0.3) is 0 Å². The van der Waals surface area contributed by atoms with Gasteiger partial charge in [0.05, 0.1) is 6.07 Å². The van der Waals surface area contributed by atoms with E-state index in [-0.39, 0.29) is 5.92 Å². The Morgan fingerprint density at radius 2 is 1.93 bits per heavy atom. The second kappa shape index (κ2) is 4.11. The van der Waals surface area contributed by atoms with E-state index in [1.54, 1.807) is 6.08 Å². The zero-order chi connectivity index (χ0) is 10.6. The van der Waals surface area contributed by atoms with Gasteiger partial charge < -0.3 is 0 Å². The van der Waals surface area contributed by atoms with Gasteiger partial charge >= 0.3 is 0 Å². The van der Waals surface area contributed by atoms with Crippen LogP contribution in [0.3, 0.4) is 0 Å². The Balaban J connectivity index is 3.27. The lowest BCUT2D eigenvalue weighted by Crippen LogP contribution is -2.27. The van der Waals surface area contributed by atoms with Crippen LogP contribution in [-0.2, 0) is 5.41 Å². The Morgan fingerprint density at radius 1 is 1.36 bits per heavy atom. The van der Waals surface area contributed by atoms with Crippen molar-refractivity contribution in [2.75, 3.05) is 0 Å². The summed E-state index contributed by atoms with van der Waals surface area (Å²) in [5, 5.41) is 9.28. The van der Waals surface area contributed by atoms with Crippen LogP contribution in [0.5, 0.6) is 0 Å². The lowest BCUT2D eigenvalue weighted by molar-refractivity contribution is 0.479. The summed E-state index contributed by atoms with van der Waals surface area (Å²) in [6.45, 7) is 7.86. The van der Waals surface area contributed by atoms with Gasteiger partial charge in [-0.2, -0.15) is 5.26 Å². The molecule has 0 bridgehead atoms. The molecule has 1 heteroatoms. The highest BCUT2D eigenvalue weighted by Gasteiger charge is 2.32. The molecule has 14 heavy (non-hydrogen) atoms. The van der Waals surface area contributed by atoms with Crippen LogP contribution >= 0.6 is 0 Å². The molecule has 0 aliphatic carbocycles.